The maximum atomic E-state index is 12.7. The number of aromatic amines is 1. The van der Waals surface area contributed by atoms with Gasteiger partial charge in [0.05, 0.1) is 23.1 Å². The second-order valence-corrected chi connectivity index (χ2v) is 6.31. The number of imidazole rings is 1. The van der Waals surface area contributed by atoms with Crippen LogP contribution in [-0.4, -0.2) is 29.5 Å². The molecule has 5 rings (SSSR count). The first-order chi connectivity index (χ1) is 14.0. The number of halogens is 3. The van der Waals surface area contributed by atoms with Crippen LogP contribution < -0.4 is 5.32 Å². The van der Waals surface area contributed by atoms with E-state index in [1.54, 1.807) is 23.1 Å². The number of nitrogens with zero attached hydrogens (tertiary/aromatic N) is 5. The van der Waals surface area contributed by atoms with Gasteiger partial charge < -0.3 is 10.3 Å². The van der Waals surface area contributed by atoms with Crippen LogP contribution in [0.25, 0.3) is 28.1 Å². The smallest absolute Gasteiger partial charge is 0.343 e. The van der Waals surface area contributed by atoms with Crippen molar-refractivity contribution in [2.75, 3.05) is 5.32 Å². The SMILES string of the molecule is FC(F)(F)c1ccc(Nc2nc3cccc(-c4cnc5nc[nH]c5c4)n3n2)cc1. The number of hydrogen-bond donors (Lipinski definition) is 2. The Morgan fingerprint density at radius 3 is 2.62 bits per heavy atom. The van der Waals surface area contributed by atoms with E-state index < -0.39 is 11.7 Å². The maximum absolute atomic E-state index is 12.7. The molecule has 0 saturated carbocycles. The molecule has 0 fully saturated rings. The van der Waals surface area contributed by atoms with Gasteiger partial charge in [0.25, 0.3) is 0 Å². The summed E-state index contributed by atoms with van der Waals surface area (Å²) in [6.07, 6.45) is -1.11. The summed E-state index contributed by atoms with van der Waals surface area (Å²) in [5, 5.41) is 7.38. The fraction of sp³-hybridized carbons (Fsp3) is 0.0526. The number of pyridine rings is 2. The summed E-state index contributed by atoms with van der Waals surface area (Å²) in [5.74, 6) is 0.271. The van der Waals surface area contributed by atoms with E-state index in [2.05, 4.69) is 30.4 Å². The summed E-state index contributed by atoms with van der Waals surface area (Å²) in [7, 11) is 0. The molecule has 4 aromatic heterocycles. The number of hydrogen-bond acceptors (Lipinski definition) is 5. The summed E-state index contributed by atoms with van der Waals surface area (Å²) in [6, 6.07) is 12.1. The van der Waals surface area contributed by atoms with Gasteiger partial charge in [0.1, 0.15) is 0 Å². The summed E-state index contributed by atoms with van der Waals surface area (Å²) in [6.45, 7) is 0. The van der Waals surface area contributed by atoms with Gasteiger partial charge in [-0.15, -0.1) is 5.10 Å². The van der Waals surface area contributed by atoms with Crippen molar-refractivity contribution in [1.29, 1.82) is 0 Å². The van der Waals surface area contributed by atoms with Crippen LogP contribution in [0.15, 0.2) is 61.1 Å². The zero-order chi connectivity index (χ0) is 20.0. The van der Waals surface area contributed by atoms with Gasteiger partial charge in [-0.1, -0.05) is 6.07 Å². The molecule has 0 bridgehead atoms. The van der Waals surface area contributed by atoms with Crippen molar-refractivity contribution in [3.8, 4) is 11.3 Å². The quantitative estimate of drug-likeness (QED) is 0.472. The topological polar surface area (TPSA) is 83.8 Å². The van der Waals surface area contributed by atoms with E-state index in [-0.39, 0.29) is 5.95 Å². The van der Waals surface area contributed by atoms with Crippen molar-refractivity contribution in [3.05, 3.63) is 66.6 Å². The molecule has 2 N–H and O–H groups in total. The van der Waals surface area contributed by atoms with Gasteiger partial charge in [-0.25, -0.2) is 14.5 Å². The Labute approximate surface area is 161 Å². The van der Waals surface area contributed by atoms with Gasteiger partial charge in [-0.3, -0.25) is 0 Å². The molecule has 10 heteroatoms. The number of alkyl halides is 3. The first-order valence-electron chi connectivity index (χ1n) is 8.57. The molecule has 0 aliphatic heterocycles. The van der Waals surface area contributed by atoms with E-state index in [0.29, 0.717) is 17.0 Å². The molecule has 29 heavy (non-hydrogen) atoms. The van der Waals surface area contributed by atoms with E-state index in [9.17, 15) is 13.2 Å². The second-order valence-electron chi connectivity index (χ2n) is 6.31. The lowest BCUT2D eigenvalue weighted by atomic mass is 10.2. The van der Waals surface area contributed by atoms with Crippen molar-refractivity contribution in [2.45, 2.75) is 6.18 Å². The van der Waals surface area contributed by atoms with Crippen LogP contribution in [0.3, 0.4) is 0 Å². The molecular formula is C19H12F3N7. The summed E-state index contributed by atoms with van der Waals surface area (Å²) < 4.78 is 39.8. The summed E-state index contributed by atoms with van der Waals surface area (Å²) in [5.41, 5.74) is 3.32. The molecule has 5 aromatic rings. The normalized spacial score (nSPS) is 12.0. The Hall–Kier alpha value is -3.95. The fourth-order valence-electron chi connectivity index (χ4n) is 3.02. The van der Waals surface area contributed by atoms with Crippen molar-refractivity contribution < 1.29 is 13.2 Å². The highest BCUT2D eigenvalue weighted by atomic mass is 19.4. The summed E-state index contributed by atoms with van der Waals surface area (Å²) in [4.78, 5) is 15.8. The highest BCUT2D eigenvalue weighted by molar-refractivity contribution is 5.77. The molecule has 0 unspecified atom stereocenters. The van der Waals surface area contributed by atoms with Gasteiger partial charge in [-0.2, -0.15) is 18.2 Å². The van der Waals surface area contributed by atoms with E-state index in [1.165, 1.54) is 12.1 Å². The minimum Gasteiger partial charge on any atom is -0.343 e. The molecule has 144 valence electrons. The van der Waals surface area contributed by atoms with Crippen molar-refractivity contribution >= 4 is 28.4 Å². The standard InChI is InChI=1S/C19H12F3N7/c20-19(21,22)12-4-6-13(7-5-12)26-18-27-16-3-1-2-15(29(16)28-18)11-8-14-17(23-9-11)25-10-24-14/h1-10H,(H,26,28)(H,23,24,25). The van der Waals surface area contributed by atoms with Crippen LogP contribution in [0.1, 0.15) is 5.56 Å². The van der Waals surface area contributed by atoms with E-state index in [1.807, 2.05) is 18.2 Å². The average Bonchev–Trinajstić information content (AvgIpc) is 3.33. The number of fused-ring (bicyclic) bond motifs is 2. The number of aromatic nitrogens is 6. The van der Waals surface area contributed by atoms with Crippen molar-refractivity contribution in [1.82, 2.24) is 29.5 Å². The molecule has 4 heterocycles. The minimum atomic E-state index is -4.38. The van der Waals surface area contributed by atoms with Crippen LogP contribution >= 0.6 is 0 Å². The lowest BCUT2D eigenvalue weighted by Gasteiger charge is -2.07. The molecule has 0 spiro atoms. The van der Waals surface area contributed by atoms with Gasteiger partial charge in [-0.05, 0) is 42.5 Å². The van der Waals surface area contributed by atoms with Gasteiger partial charge in [0.15, 0.2) is 11.3 Å². The zero-order valence-electron chi connectivity index (χ0n) is 14.6. The lowest BCUT2D eigenvalue weighted by molar-refractivity contribution is -0.137. The zero-order valence-corrected chi connectivity index (χ0v) is 14.6. The Bertz CT molecular complexity index is 1320. The first-order valence-corrected chi connectivity index (χ1v) is 8.57. The highest BCUT2D eigenvalue weighted by Crippen LogP contribution is 2.30. The van der Waals surface area contributed by atoms with Crippen LogP contribution in [0.4, 0.5) is 24.8 Å². The molecule has 0 atom stereocenters. The Kier molecular flexibility index (Phi) is 3.73. The largest absolute Gasteiger partial charge is 0.416 e. The van der Waals surface area contributed by atoms with Gasteiger partial charge in [0.2, 0.25) is 5.95 Å². The Morgan fingerprint density at radius 1 is 1.00 bits per heavy atom. The Balaban J connectivity index is 1.50. The van der Waals surface area contributed by atoms with Crippen LogP contribution in [0.5, 0.6) is 0 Å². The lowest BCUT2D eigenvalue weighted by Crippen LogP contribution is -2.04. The number of benzene rings is 1. The number of nitrogens with one attached hydrogen (secondary N) is 2. The van der Waals surface area contributed by atoms with E-state index >= 15 is 0 Å². The predicted molar refractivity (Wildman–Crippen MR) is 101 cm³/mol. The summed E-state index contributed by atoms with van der Waals surface area (Å²) >= 11 is 0. The second kappa shape index (κ2) is 6.30. The average molecular weight is 395 g/mol. The monoisotopic (exact) mass is 395 g/mol. The van der Waals surface area contributed by atoms with E-state index in [4.69, 9.17) is 0 Å². The molecular weight excluding hydrogens is 383 g/mol. The van der Waals surface area contributed by atoms with Crippen molar-refractivity contribution in [2.24, 2.45) is 0 Å². The highest BCUT2D eigenvalue weighted by Gasteiger charge is 2.29. The fourth-order valence-corrected chi connectivity index (χ4v) is 3.02. The van der Waals surface area contributed by atoms with Gasteiger partial charge in [0, 0.05) is 17.4 Å². The predicted octanol–water partition coefficient (Wildman–Crippen LogP) is 4.43. The maximum Gasteiger partial charge on any atom is 0.416 e. The third-order valence-corrected chi connectivity index (χ3v) is 4.40. The van der Waals surface area contributed by atoms with Crippen LogP contribution in [0, 0.1) is 0 Å². The third-order valence-electron chi connectivity index (χ3n) is 4.40. The minimum absolute atomic E-state index is 0.271. The van der Waals surface area contributed by atoms with E-state index in [0.717, 1.165) is 28.9 Å². The number of H-pyrrole nitrogens is 1. The molecule has 1 aromatic carbocycles. The molecule has 0 amide bonds. The number of rotatable bonds is 3. The van der Waals surface area contributed by atoms with Crippen molar-refractivity contribution in [3.63, 3.8) is 0 Å². The van der Waals surface area contributed by atoms with Gasteiger partial charge >= 0.3 is 6.18 Å². The third kappa shape index (κ3) is 3.14. The number of anilines is 2. The molecule has 0 saturated heterocycles. The van der Waals surface area contributed by atoms with Crippen LogP contribution in [-0.2, 0) is 6.18 Å². The van der Waals surface area contributed by atoms with Crippen LogP contribution in [0.2, 0.25) is 0 Å². The Morgan fingerprint density at radius 2 is 1.83 bits per heavy atom. The molecule has 0 aliphatic rings. The first kappa shape index (κ1) is 17.2. The molecule has 7 nitrogen and oxygen atoms in total. The molecule has 0 aliphatic carbocycles. The molecule has 0 radical (unpaired) electrons.